The molecule has 0 saturated carbocycles. The molecule has 18 rings (SSSR count). The van der Waals surface area contributed by atoms with E-state index in [9.17, 15) is 20.3 Å². The largest absolute Gasteiger partial charge is 0.385 e. The fourth-order valence-electron chi connectivity index (χ4n) is 13.4. The summed E-state index contributed by atoms with van der Waals surface area (Å²) >= 11 is 0. The van der Waals surface area contributed by atoms with Gasteiger partial charge in [0.2, 0.25) is 22.8 Å². The van der Waals surface area contributed by atoms with Crippen molar-refractivity contribution in [3.63, 3.8) is 0 Å². The first kappa shape index (κ1) is 104. The van der Waals surface area contributed by atoms with Crippen LogP contribution < -0.4 is 45.7 Å². The number of hydrogen-bond acceptors (Lipinski definition) is 11. The zero-order chi connectivity index (χ0) is 95.6. The number of pyridine rings is 15. The number of aryl methyl sites for hydroxylation is 16. The highest BCUT2D eigenvalue weighted by atomic mass is 16.6. The van der Waals surface area contributed by atoms with Crippen molar-refractivity contribution in [2.75, 3.05) is 0 Å². The van der Waals surface area contributed by atoms with Gasteiger partial charge >= 0.3 is 0 Å². The van der Waals surface area contributed by atoms with Crippen LogP contribution in [-0.2, 0) is 96.2 Å². The van der Waals surface area contributed by atoms with Crippen LogP contribution in [0.2, 0.25) is 0 Å². The summed E-state index contributed by atoms with van der Waals surface area (Å²) in [5, 5.41) is 51.1. The average molecular weight is 1800 g/mol. The van der Waals surface area contributed by atoms with Crippen molar-refractivity contribution in [1.29, 1.82) is 10.5 Å². The van der Waals surface area contributed by atoms with E-state index in [1.165, 1.54) is 101 Å². The third kappa shape index (κ3) is 37.1. The first-order chi connectivity index (χ1) is 65.0. The van der Waals surface area contributed by atoms with E-state index in [0.717, 1.165) is 37.4 Å². The zero-order valence-corrected chi connectivity index (χ0v) is 78.4. The molecule has 22 heteroatoms. The molecule has 0 amide bonds. The Labute approximate surface area is 794 Å². The van der Waals surface area contributed by atoms with Crippen LogP contribution in [0.4, 0.5) is 0 Å². The van der Waals surface area contributed by atoms with Gasteiger partial charge in [-0.15, -0.1) is 0 Å². The number of benzene rings is 3. The number of aliphatic hydroxyl groups is 2. The van der Waals surface area contributed by atoms with Crippen LogP contribution in [0.3, 0.4) is 0 Å². The molecule has 0 aliphatic carbocycles. The number of nitrogens with zero attached hydrogens (tertiary/aromatic N) is 18. The molecule has 18 aromatic rings. The molecule has 2 unspecified atom stereocenters. The smallest absolute Gasteiger partial charge is 0.235 e. The highest BCUT2D eigenvalue weighted by Crippen LogP contribution is 2.28. The molecule has 0 fully saturated rings. The van der Waals surface area contributed by atoms with Gasteiger partial charge in [-0.3, -0.25) is 35.0 Å². The fourth-order valence-corrected chi connectivity index (χ4v) is 13.4. The Kier molecular flexibility index (Phi) is 43.7. The molecule has 680 valence electrons. The fraction of sp³-hybridized carbons (Fsp3) is 0.177. The number of hydrogen-bond donors (Lipinski definition) is 2. The van der Waals surface area contributed by atoms with E-state index in [2.05, 4.69) is 308 Å². The second kappa shape index (κ2) is 56.8. The van der Waals surface area contributed by atoms with Crippen molar-refractivity contribution in [2.45, 2.75) is 65.6 Å². The summed E-state index contributed by atoms with van der Waals surface area (Å²) in [7, 11) is 19.9. The highest BCUT2D eigenvalue weighted by molar-refractivity contribution is 5.79. The van der Waals surface area contributed by atoms with E-state index in [0.29, 0.717) is 22.3 Å². The summed E-state index contributed by atoms with van der Waals surface area (Å²) in [6.07, 6.45) is 61.5. The van der Waals surface area contributed by atoms with E-state index in [-0.39, 0.29) is 7.43 Å². The number of nitro groups is 1. The quantitative estimate of drug-likeness (QED) is 0.0556. The van der Waals surface area contributed by atoms with Gasteiger partial charge in [-0.2, -0.15) is 10.5 Å². The Balaban J connectivity index is 0.000000185. The molecule has 2 atom stereocenters. The van der Waals surface area contributed by atoms with E-state index in [4.69, 9.17) is 10.5 Å². The first-order valence-corrected chi connectivity index (χ1v) is 43.8. The lowest BCUT2D eigenvalue weighted by molar-refractivity contribution is -0.671. The second-order valence-corrected chi connectivity index (χ2v) is 31.7. The predicted molar refractivity (Wildman–Crippen MR) is 529 cm³/mol. The minimum atomic E-state index is -0.939. The lowest BCUT2D eigenvalue weighted by atomic mass is 10.0. The number of para-hydroxylation sites is 2. The van der Waals surface area contributed by atoms with E-state index < -0.39 is 17.1 Å². The monoisotopic (exact) mass is 1800 g/mol. The van der Waals surface area contributed by atoms with Crippen LogP contribution in [0, 0.1) is 46.6 Å². The summed E-state index contributed by atoms with van der Waals surface area (Å²) in [6.45, 7) is 4.26. The number of aliphatic hydroxyl groups excluding tert-OH is 2. The second-order valence-electron chi connectivity index (χ2n) is 31.7. The van der Waals surface area contributed by atoms with Gasteiger partial charge in [-0.25, -0.2) is 45.7 Å². The van der Waals surface area contributed by atoms with Gasteiger partial charge in [0.05, 0.1) is 10.5 Å². The molecule has 22 nitrogen and oxygen atoms in total. The minimum absolute atomic E-state index is 0. The summed E-state index contributed by atoms with van der Waals surface area (Å²) in [5.41, 5.74) is 19.8. The van der Waals surface area contributed by atoms with Crippen molar-refractivity contribution in [1.82, 2.24) is 24.9 Å². The maximum Gasteiger partial charge on any atom is 0.235 e. The van der Waals surface area contributed by atoms with Gasteiger partial charge in [0, 0.05) is 199 Å². The van der Waals surface area contributed by atoms with Crippen LogP contribution in [0.1, 0.15) is 98.4 Å². The van der Waals surface area contributed by atoms with Gasteiger partial charge in [0.1, 0.15) is 100 Å². The molecule has 0 spiro atoms. The Morgan fingerprint density at radius 1 is 0.348 bits per heavy atom. The summed E-state index contributed by atoms with van der Waals surface area (Å²) in [5.74, 6) is 0. The molecule has 135 heavy (non-hydrogen) atoms. The van der Waals surface area contributed by atoms with E-state index in [1.807, 2.05) is 191 Å². The average Bonchev–Trinajstić information content (AvgIpc) is 0.816. The standard InChI is InChI=1S/C14H17N2.C13H15N2O2.C13H15N2.C13H13N2.C11H11N2.2C11H12N.C10H10N.C8H6N3.C8H9N2O2.CH4/c1-16-11-7-14(8-12-16)4-2-3-13-5-9-15-10-6-13;1-15-8-4-11(5-9-15)13(17)12(16)10-2-6-14-7-3-10;2*1-15-10-6-13(7-11-15)3-2-12-4-8-14-9-5-12;1-13-8-4-11(5-9-13)10-2-6-12-7-3-10;1-9-5-6-11-10(8-9)4-3-7-12(11)2;1-9-7-8-12(2)11-6-4-3-5-10(9)11;1-11-8-4-6-9-5-2-3-7-10(9)11;1-11-3-2-7(4-9)8(5-10)6-11;1-9-5-2-3-8(7-9)4-6-10(11)12;/h5-12H,2-4H2,1H3;2-9,12-13,16-17H,1H3;4-11H,2-3H2,1H3;2-11H,1H3;2-9H,1H3;2*3-8H,1-2H3;2-8H,1H3;2-3,6H,1H3;2-7H,1H3;1H4/q10*+1;/b;;;3-2+;;;;;;6-4+;. The van der Waals surface area contributed by atoms with Gasteiger partial charge in [0.15, 0.2) is 105 Å². The summed E-state index contributed by atoms with van der Waals surface area (Å²) < 4.78 is 20.0. The van der Waals surface area contributed by atoms with Crippen molar-refractivity contribution in [2.24, 2.45) is 70.5 Å². The molecule has 0 saturated heterocycles. The SMILES string of the molecule is C.C[n+]1ccc(-c2ccncc2)cc1.C[n+]1ccc(/C=C/c2ccncc2)cc1.C[n+]1ccc(C#N)c(C#N)c1.C[n+]1ccc(C(O)C(O)c2ccncc2)cc1.C[n+]1ccc(CCCc2ccncc2)cc1.C[n+]1ccc(CCc2ccncc2)cc1.C[n+]1cccc(/C=C/[N+](=O)[O-])c1.C[n+]1cccc2ccccc21.Cc1cc[n+](C)c2ccccc12.Cc1ccc2c(ccc[n+]2C)c1. The highest BCUT2D eigenvalue weighted by Gasteiger charge is 2.21. The summed E-state index contributed by atoms with van der Waals surface area (Å²) in [4.78, 5) is 29.4. The van der Waals surface area contributed by atoms with Gasteiger partial charge in [-0.1, -0.05) is 55.5 Å². The predicted octanol–water partition coefficient (Wildman–Crippen LogP) is 15.4. The molecule has 2 N–H and O–H groups in total. The topological polar surface area (TPSA) is 234 Å². The van der Waals surface area contributed by atoms with Crippen LogP contribution >= 0.6 is 0 Å². The lowest BCUT2D eigenvalue weighted by Crippen LogP contribution is -2.28. The van der Waals surface area contributed by atoms with Gasteiger partial charge in [0.25, 0.3) is 0 Å². The van der Waals surface area contributed by atoms with Crippen LogP contribution in [0.5, 0.6) is 0 Å². The third-order valence-corrected chi connectivity index (χ3v) is 21.1. The third-order valence-electron chi connectivity index (χ3n) is 21.1. The number of aromatic nitrogens is 15. The first-order valence-electron chi connectivity index (χ1n) is 43.8. The van der Waals surface area contributed by atoms with E-state index in [1.54, 1.807) is 84.3 Å². The zero-order valence-electron chi connectivity index (χ0n) is 78.4. The number of rotatable bonds is 15. The van der Waals surface area contributed by atoms with Crippen LogP contribution in [0.15, 0.2) is 410 Å². The summed E-state index contributed by atoms with van der Waals surface area (Å²) in [6, 6.07) is 83.3. The van der Waals surface area contributed by atoms with Gasteiger partial charge < -0.3 is 10.2 Å². The molecule has 0 radical (unpaired) electrons. The normalized spacial score (nSPS) is 10.6. The van der Waals surface area contributed by atoms with Crippen molar-refractivity contribution < 1.29 is 60.8 Å². The number of fused-ring (bicyclic) bond motifs is 3. The molecular formula is C113H124N18O4+10. The number of nitriles is 2. The molecule has 0 aliphatic heterocycles. The molecule has 15 aromatic heterocycles. The molecule has 15 heterocycles. The van der Waals surface area contributed by atoms with Gasteiger partial charge in [-0.05, 0) is 204 Å². The molecule has 3 aromatic carbocycles. The minimum Gasteiger partial charge on any atom is -0.385 e. The van der Waals surface area contributed by atoms with Crippen molar-refractivity contribution in [3.8, 4) is 23.3 Å². The molecule has 0 aliphatic rings. The van der Waals surface area contributed by atoms with Crippen molar-refractivity contribution in [3.05, 3.63) is 493 Å². The Bertz CT molecular complexity index is 6690. The Hall–Kier alpha value is -16.5. The van der Waals surface area contributed by atoms with Crippen molar-refractivity contribution >= 4 is 50.9 Å². The van der Waals surface area contributed by atoms with E-state index >= 15 is 0 Å². The maximum absolute atomic E-state index is 10.1. The van der Waals surface area contributed by atoms with Crippen LogP contribution in [-0.4, -0.2) is 40.1 Å². The Morgan fingerprint density at radius 3 is 1.26 bits per heavy atom. The molecular weight excluding hydrogens is 1670 g/mol. The molecule has 0 bridgehead atoms. The van der Waals surface area contributed by atoms with Crippen LogP contribution in [0.25, 0.3) is 62.1 Å². The lowest BCUT2D eigenvalue weighted by Gasteiger charge is -2.17. The Morgan fingerprint density at radius 2 is 0.741 bits per heavy atom. The maximum atomic E-state index is 10.1.